The van der Waals surface area contributed by atoms with Crippen molar-refractivity contribution in [2.75, 3.05) is 0 Å². The molecule has 0 aliphatic carbocycles. The van der Waals surface area contributed by atoms with Gasteiger partial charge in [0.25, 0.3) is 0 Å². The van der Waals surface area contributed by atoms with Gasteiger partial charge in [-0.2, -0.15) is 0 Å². The summed E-state index contributed by atoms with van der Waals surface area (Å²) in [4.78, 5) is 0. The Labute approximate surface area is 73.4 Å². The van der Waals surface area contributed by atoms with E-state index in [1.807, 2.05) is 12.1 Å². The molecule has 63 valence electrons. The van der Waals surface area contributed by atoms with Gasteiger partial charge in [-0.15, -0.1) is 6.58 Å². The third kappa shape index (κ3) is 1.88. The van der Waals surface area contributed by atoms with Crippen LogP contribution in [-0.2, 0) is 17.9 Å². The average Bonchev–Trinajstić information content (AvgIpc) is 2.09. The summed E-state index contributed by atoms with van der Waals surface area (Å²) in [7, 11) is 0. The molecular weight excluding hydrogens is 148 g/mol. The SMILES string of the molecule is C=CCc1cc(CC)ccc1[O]. The molecule has 1 nitrogen and oxygen atoms in total. The van der Waals surface area contributed by atoms with E-state index >= 15 is 0 Å². The predicted octanol–water partition coefficient (Wildman–Crippen LogP) is 3.12. The number of hydrogen-bond acceptors (Lipinski definition) is 0. The molecule has 1 rings (SSSR count). The van der Waals surface area contributed by atoms with Gasteiger partial charge in [0.15, 0.2) is 5.75 Å². The van der Waals surface area contributed by atoms with Crippen LogP contribution in [0.1, 0.15) is 18.1 Å². The minimum Gasteiger partial charge on any atom is -0.290 e. The Morgan fingerprint density at radius 3 is 2.83 bits per heavy atom. The van der Waals surface area contributed by atoms with E-state index < -0.39 is 0 Å². The molecule has 0 spiro atoms. The van der Waals surface area contributed by atoms with Gasteiger partial charge in [-0.05, 0) is 24.5 Å². The predicted molar refractivity (Wildman–Crippen MR) is 49.9 cm³/mol. The molecule has 0 amide bonds. The lowest BCUT2D eigenvalue weighted by Crippen LogP contribution is -1.85. The Hall–Kier alpha value is -1.24. The molecule has 1 aromatic carbocycles. The molecule has 12 heavy (non-hydrogen) atoms. The lowest BCUT2D eigenvalue weighted by Gasteiger charge is -2.01. The Morgan fingerprint density at radius 1 is 1.50 bits per heavy atom. The molecule has 0 aliphatic heterocycles. The Kier molecular flexibility index (Phi) is 2.92. The fourth-order valence-electron chi connectivity index (χ4n) is 1.17. The quantitative estimate of drug-likeness (QED) is 0.607. The van der Waals surface area contributed by atoms with Gasteiger partial charge >= 0.3 is 0 Å². The van der Waals surface area contributed by atoms with Crippen molar-refractivity contribution in [1.82, 2.24) is 0 Å². The Morgan fingerprint density at radius 2 is 2.25 bits per heavy atom. The van der Waals surface area contributed by atoms with Gasteiger partial charge in [0, 0.05) is 5.56 Å². The highest BCUT2D eigenvalue weighted by Gasteiger charge is 2.01. The maximum atomic E-state index is 11.2. The van der Waals surface area contributed by atoms with Crippen LogP contribution in [0, 0.1) is 0 Å². The van der Waals surface area contributed by atoms with Crippen LogP contribution in [0.3, 0.4) is 0 Å². The molecule has 0 fully saturated rings. The lowest BCUT2D eigenvalue weighted by molar-refractivity contribution is 0.350. The van der Waals surface area contributed by atoms with Crippen LogP contribution in [0.25, 0.3) is 0 Å². The summed E-state index contributed by atoms with van der Waals surface area (Å²) in [6.07, 6.45) is 3.41. The molecule has 0 heterocycles. The molecule has 0 N–H and O–H groups in total. The van der Waals surface area contributed by atoms with Crippen molar-refractivity contribution in [3.05, 3.63) is 42.0 Å². The molecule has 0 atom stereocenters. The van der Waals surface area contributed by atoms with Crippen LogP contribution >= 0.6 is 0 Å². The van der Waals surface area contributed by atoms with Crippen molar-refractivity contribution in [2.24, 2.45) is 0 Å². The molecule has 1 aromatic rings. The molecule has 1 heteroatoms. The van der Waals surface area contributed by atoms with Crippen LogP contribution in [0.2, 0.25) is 0 Å². The first-order valence-electron chi connectivity index (χ1n) is 4.17. The van der Waals surface area contributed by atoms with Crippen molar-refractivity contribution in [1.29, 1.82) is 0 Å². The summed E-state index contributed by atoms with van der Waals surface area (Å²) in [5.74, 6) is 0.118. The number of allylic oxidation sites excluding steroid dienone is 1. The molecular formula is C11H13O. The van der Waals surface area contributed by atoms with Gasteiger partial charge in [-0.25, -0.2) is 0 Å². The first-order valence-corrected chi connectivity index (χ1v) is 4.17. The minimum atomic E-state index is 0.118. The lowest BCUT2D eigenvalue weighted by atomic mass is 10.1. The van der Waals surface area contributed by atoms with Gasteiger partial charge in [-0.3, -0.25) is 5.11 Å². The van der Waals surface area contributed by atoms with Crippen LogP contribution in [-0.4, -0.2) is 0 Å². The molecule has 0 unspecified atom stereocenters. The second-order valence-electron chi connectivity index (χ2n) is 2.79. The number of rotatable bonds is 3. The fourth-order valence-corrected chi connectivity index (χ4v) is 1.17. The highest BCUT2D eigenvalue weighted by molar-refractivity contribution is 5.37. The number of hydrogen-bond donors (Lipinski definition) is 0. The second kappa shape index (κ2) is 3.96. The van der Waals surface area contributed by atoms with Crippen molar-refractivity contribution < 1.29 is 5.11 Å². The van der Waals surface area contributed by atoms with Crippen LogP contribution in [0.15, 0.2) is 30.9 Å². The summed E-state index contributed by atoms with van der Waals surface area (Å²) in [6, 6.07) is 5.48. The third-order valence-corrected chi connectivity index (χ3v) is 1.90. The Bertz CT molecular complexity index is 276. The minimum absolute atomic E-state index is 0.118. The van der Waals surface area contributed by atoms with E-state index in [0.717, 1.165) is 12.0 Å². The fraction of sp³-hybridized carbons (Fsp3) is 0.273. The zero-order chi connectivity index (χ0) is 8.97. The monoisotopic (exact) mass is 161 g/mol. The van der Waals surface area contributed by atoms with Crippen LogP contribution in [0.5, 0.6) is 5.75 Å². The molecule has 0 bridgehead atoms. The van der Waals surface area contributed by atoms with Crippen molar-refractivity contribution in [2.45, 2.75) is 19.8 Å². The van der Waals surface area contributed by atoms with Gasteiger partial charge < -0.3 is 0 Å². The summed E-state index contributed by atoms with van der Waals surface area (Å²) in [5, 5.41) is 11.2. The molecule has 0 saturated heterocycles. The number of aryl methyl sites for hydroxylation is 1. The molecule has 0 saturated carbocycles. The largest absolute Gasteiger partial charge is 0.290 e. The van der Waals surface area contributed by atoms with E-state index in [-0.39, 0.29) is 5.75 Å². The van der Waals surface area contributed by atoms with E-state index in [9.17, 15) is 5.11 Å². The average molecular weight is 161 g/mol. The van der Waals surface area contributed by atoms with E-state index in [1.54, 1.807) is 12.1 Å². The first-order chi connectivity index (χ1) is 5.77. The molecule has 0 aliphatic rings. The standard InChI is InChI=1S/C11H13O/c1-3-5-10-8-9(4-2)6-7-11(10)12/h3,6-8H,1,4-5H2,2H3. The summed E-state index contributed by atoms with van der Waals surface area (Å²) in [5.41, 5.74) is 2.07. The second-order valence-corrected chi connectivity index (χ2v) is 2.79. The van der Waals surface area contributed by atoms with Gasteiger partial charge in [0.2, 0.25) is 0 Å². The van der Waals surface area contributed by atoms with Crippen molar-refractivity contribution >= 4 is 0 Å². The maximum absolute atomic E-state index is 11.2. The summed E-state index contributed by atoms with van der Waals surface area (Å²) < 4.78 is 0. The topological polar surface area (TPSA) is 19.9 Å². The summed E-state index contributed by atoms with van der Waals surface area (Å²) in [6.45, 7) is 5.69. The highest BCUT2D eigenvalue weighted by atomic mass is 16.3. The first kappa shape index (κ1) is 8.85. The van der Waals surface area contributed by atoms with Crippen molar-refractivity contribution in [3.63, 3.8) is 0 Å². The van der Waals surface area contributed by atoms with Crippen LogP contribution < -0.4 is 0 Å². The molecule has 1 radical (unpaired) electrons. The smallest absolute Gasteiger partial charge is 0.182 e. The maximum Gasteiger partial charge on any atom is 0.182 e. The third-order valence-electron chi connectivity index (χ3n) is 1.90. The number of benzene rings is 1. The van der Waals surface area contributed by atoms with Crippen LogP contribution in [0.4, 0.5) is 0 Å². The van der Waals surface area contributed by atoms with Gasteiger partial charge in [-0.1, -0.05) is 25.1 Å². The normalized spacial score (nSPS) is 9.75. The van der Waals surface area contributed by atoms with E-state index in [1.165, 1.54) is 5.56 Å². The zero-order valence-corrected chi connectivity index (χ0v) is 7.34. The highest BCUT2D eigenvalue weighted by Crippen LogP contribution is 2.20. The zero-order valence-electron chi connectivity index (χ0n) is 7.34. The Balaban J connectivity index is 2.99. The van der Waals surface area contributed by atoms with Gasteiger partial charge in [0.05, 0.1) is 0 Å². The van der Waals surface area contributed by atoms with E-state index in [2.05, 4.69) is 13.5 Å². The summed E-state index contributed by atoms with van der Waals surface area (Å²) >= 11 is 0. The van der Waals surface area contributed by atoms with E-state index in [4.69, 9.17) is 0 Å². The van der Waals surface area contributed by atoms with Crippen molar-refractivity contribution in [3.8, 4) is 5.75 Å². The van der Waals surface area contributed by atoms with Gasteiger partial charge in [0.1, 0.15) is 0 Å². The molecule has 0 aromatic heterocycles. The van der Waals surface area contributed by atoms with E-state index in [0.29, 0.717) is 6.42 Å².